The predicted molar refractivity (Wildman–Crippen MR) is 96.5 cm³/mol. The van der Waals surface area contributed by atoms with Crippen molar-refractivity contribution in [3.63, 3.8) is 0 Å². The molecule has 1 fully saturated rings. The van der Waals surface area contributed by atoms with E-state index in [1.165, 1.54) is 0 Å². The number of hydrogen-bond donors (Lipinski definition) is 2. The standard InChI is InChI=1S/C20H22N2O3/c1-14-5-7-16(8-6-14)20(9-11-25-12-10-20)19(24)22-17-4-2-3-15(13-17)18(21)23/h2-8,13H,9-12H2,1H3,(H2,21,23)(H,22,24). The highest BCUT2D eigenvalue weighted by atomic mass is 16.5. The molecule has 0 bridgehead atoms. The van der Waals surface area contributed by atoms with Gasteiger partial charge in [-0.1, -0.05) is 35.9 Å². The van der Waals surface area contributed by atoms with Gasteiger partial charge in [-0.3, -0.25) is 9.59 Å². The zero-order chi connectivity index (χ0) is 17.9. The monoisotopic (exact) mass is 338 g/mol. The Balaban J connectivity index is 1.91. The summed E-state index contributed by atoms with van der Waals surface area (Å²) in [5.41, 5.74) is 7.77. The molecule has 1 heterocycles. The molecule has 0 atom stereocenters. The summed E-state index contributed by atoms with van der Waals surface area (Å²) in [6, 6.07) is 14.8. The molecule has 1 aliphatic heterocycles. The summed E-state index contributed by atoms with van der Waals surface area (Å²) in [6.45, 7) is 3.11. The molecular formula is C20H22N2O3. The number of nitrogens with two attached hydrogens (primary N) is 1. The van der Waals surface area contributed by atoms with Crippen molar-refractivity contribution in [2.45, 2.75) is 25.2 Å². The van der Waals surface area contributed by atoms with Crippen LogP contribution in [0.5, 0.6) is 0 Å². The van der Waals surface area contributed by atoms with Crippen LogP contribution in [0.3, 0.4) is 0 Å². The van der Waals surface area contributed by atoms with Gasteiger partial charge in [0, 0.05) is 24.5 Å². The number of carbonyl (C=O) groups is 2. The molecule has 130 valence electrons. The third kappa shape index (κ3) is 3.56. The SMILES string of the molecule is Cc1ccc(C2(C(=O)Nc3cccc(C(N)=O)c3)CCOCC2)cc1. The summed E-state index contributed by atoms with van der Waals surface area (Å²) >= 11 is 0. The van der Waals surface area contributed by atoms with Crippen molar-refractivity contribution >= 4 is 17.5 Å². The smallest absolute Gasteiger partial charge is 0.248 e. The second-order valence-corrected chi connectivity index (χ2v) is 6.46. The molecule has 2 aromatic rings. The summed E-state index contributed by atoms with van der Waals surface area (Å²) in [5.74, 6) is -0.600. The van der Waals surface area contributed by atoms with Crippen LogP contribution in [0, 0.1) is 6.92 Å². The summed E-state index contributed by atoms with van der Waals surface area (Å²) in [6.07, 6.45) is 1.24. The van der Waals surface area contributed by atoms with Gasteiger partial charge in [-0.2, -0.15) is 0 Å². The Kier molecular flexibility index (Phi) is 4.86. The van der Waals surface area contributed by atoms with E-state index in [-0.39, 0.29) is 5.91 Å². The summed E-state index contributed by atoms with van der Waals surface area (Å²) in [7, 11) is 0. The highest BCUT2D eigenvalue weighted by Gasteiger charge is 2.41. The average Bonchev–Trinajstić information content (AvgIpc) is 2.63. The number of ether oxygens (including phenoxy) is 1. The number of aryl methyl sites for hydroxylation is 1. The van der Waals surface area contributed by atoms with Gasteiger partial charge in [0.2, 0.25) is 11.8 Å². The van der Waals surface area contributed by atoms with Gasteiger partial charge in [0.05, 0.1) is 5.41 Å². The minimum absolute atomic E-state index is 0.0822. The van der Waals surface area contributed by atoms with Crippen molar-refractivity contribution in [3.8, 4) is 0 Å². The quantitative estimate of drug-likeness (QED) is 0.899. The first-order valence-corrected chi connectivity index (χ1v) is 8.37. The van der Waals surface area contributed by atoms with Gasteiger partial charge >= 0.3 is 0 Å². The maximum Gasteiger partial charge on any atom is 0.248 e. The molecule has 0 saturated carbocycles. The Bertz CT molecular complexity index is 778. The molecule has 3 N–H and O–H groups in total. The van der Waals surface area contributed by atoms with Crippen LogP contribution in [-0.4, -0.2) is 25.0 Å². The first-order chi connectivity index (χ1) is 12.0. The van der Waals surface area contributed by atoms with Crippen LogP contribution in [0.1, 0.15) is 34.3 Å². The van der Waals surface area contributed by atoms with Gasteiger partial charge in [-0.25, -0.2) is 0 Å². The minimum atomic E-state index is -0.630. The van der Waals surface area contributed by atoms with Gasteiger partial charge in [0.15, 0.2) is 0 Å². The van der Waals surface area contributed by atoms with E-state index >= 15 is 0 Å². The number of rotatable bonds is 4. The van der Waals surface area contributed by atoms with Gasteiger partial charge in [0.25, 0.3) is 0 Å². The highest BCUT2D eigenvalue weighted by Crippen LogP contribution is 2.36. The lowest BCUT2D eigenvalue weighted by molar-refractivity contribution is -0.125. The summed E-state index contributed by atoms with van der Waals surface area (Å²) < 4.78 is 5.48. The van der Waals surface area contributed by atoms with Crippen molar-refractivity contribution in [1.29, 1.82) is 0 Å². The molecule has 0 aliphatic carbocycles. The fraction of sp³-hybridized carbons (Fsp3) is 0.300. The van der Waals surface area contributed by atoms with Crippen LogP contribution in [-0.2, 0) is 14.9 Å². The third-order valence-electron chi connectivity index (χ3n) is 4.79. The summed E-state index contributed by atoms with van der Waals surface area (Å²) in [5, 5.41) is 2.96. The van der Waals surface area contributed by atoms with Gasteiger partial charge in [-0.15, -0.1) is 0 Å². The normalized spacial score (nSPS) is 16.2. The van der Waals surface area contributed by atoms with E-state index < -0.39 is 11.3 Å². The molecule has 2 amide bonds. The number of primary amides is 1. The Morgan fingerprint density at radius 2 is 1.76 bits per heavy atom. The molecule has 25 heavy (non-hydrogen) atoms. The lowest BCUT2D eigenvalue weighted by Crippen LogP contribution is -2.44. The van der Waals surface area contributed by atoms with Gasteiger partial charge in [0.1, 0.15) is 0 Å². The van der Waals surface area contributed by atoms with Crippen LogP contribution in [0.25, 0.3) is 0 Å². The average molecular weight is 338 g/mol. The Morgan fingerprint density at radius 1 is 1.08 bits per heavy atom. The fourth-order valence-corrected chi connectivity index (χ4v) is 3.24. The van der Waals surface area contributed by atoms with Crippen molar-refractivity contribution in [1.82, 2.24) is 0 Å². The molecular weight excluding hydrogens is 316 g/mol. The number of nitrogens with one attached hydrogen (secondary N) is 1. The topological polar surface area (TPSA) is 81.4 Å². The first kappa shape index (κ1) is 17.2. The molecule has 3 rings (SSSR count). The molecule has 5 heteroatoms. The number of benzene rings is 2. The largest absolute Gasteiger partial charge is 0.381 e. The number of carbonyl (C=O) groups excluding carboxylic acids is 2. The second kappa shape index (κ2) is 7.07. The van der Waals surface area contributed by atoms with E-state index in [4.69, 9.17) is 10.5 Å². The van der Waals surface area contributed by atoms with E-state index in [9.17, 15) is 9.59 Å². The van der Waals surface area contributed by atoms with Crippen LogP contribution < -0.4 is 11.1 Å². The third-order valence-corrected chi connectivity index (χ3v) is 4.79. The van der Waals surface area contributed by atoms with E-state index in [1.54, 1.807) is 24.3 Å². The van der Waals surface area contributed by atoms with E-state index in [2.05, 4.69) is 5.32 Å². The lowest BCUT2D eigenvalue weighted by atomic mass is 9.73. The van der Waals surface area contributed by atoms with E-state index in [0.29, 0.717) is 37.3 Å². The summed E-state index contributed by atoms with van der Waals surface area (Å²) in [4.78, 5) is 24.5. The maximum atomic E-state index is 13.2. The van der Waals surface area contributed by atoms with E-state index in [0.717, 1.165) is 11.1 Å². The van der Waals surface area contributed by atoms with Crippen LogP contribution in [0.15, 0.2) is 48.5 Å². The van der Waals surface area contributed by atoms with Gasteiger partial charge < -0.3 is 15.8 Å². The second-order valence-electron chi connectivity index (χ2n) is 6.46. The molecule has 1 saturated heterocycles. The molecule has 0 unspecified atom stereocenters. The van der Waals surface area contributed by atoms with Gasteiger partial charge in [-0.05, 0) is 43.5 Å². The maximum absolute atomic E-state index is 13.2. The van der Waals surface area contributed by atoms with Crippen LogP contribution in [0.4, 0.5) is 5.69 Å². The van der Waals surface area contributed by atoms with Crippen LogP contribution >= 0.6 is 0 Å². The predicted octanol–water partition coefficient (Wildman–Crippen LogP) is 2.78. The fourth-order valence-electron chi connectivity index (χ4n) is 3.24. The molecule has 0 spiro atoms. The first-order valence-electron chi connectivity index (χ1n) is 8.37. The number of anilines is 1. The molecule has 0 radical (unpaired) electrons. The van der Waals surface area contributed by atoms with E-state index in [1.807, 2.05) is 31.2 Å². The minimum Gasteiger partial charge on any atom is -0.381 e. The Labute approximate surface area is 147 Å². The highest BCUT2D eigenvalue weighted by molar-refractivity contribution is 6.00. The zero-order valence-corrected chi connectivity index (χ0v) is 14.2. The zero-order valence-electron chi connectivity index (χ0n) is 14.2. The van der Waals surface area contributed by atoms with Crippen molar-refractivity contribution in [2.24, 2.45) is 5.73 Å². The lowest BCUT2D eigenvalue weighted by Gasteiger charge is -2.36. The molecule has 1 aliphatic rings. The Hall–Kier alpha value is -2.66. The Morgan fingerprint density at radius 3 is 2.40 bits per heavy atom. The van der Waals surface area contributed by atoms with Crippen molar-refractivity contribution < 1.29 is 14.3 Å². The molecule has 2 aromatic carbocycles. The number of amides is 2. The van der Waals surface area contributed by atoms with Crippen molar-refractivity contribution in [2.75, 3.05) is 18.5 Å². The number of hydrogen-bond acceptors (Lipinski definition) is 3. The van der Waals surface area contributed by atoms with Crippen LogP contribution in [0.2, 0.25) is 0 Å². The van der Waals surface area contributed by atoms with Crippen molar-refractivity contribution in [3.05, 3.63) is 65.2 Å². The molecule has 0 aromatic heterocycles. The molecule has 5 nitrogen and oxygen atoms in total.